The van der Waals surface area contributed by atoms with Crippen LogP contribution >= 0.6 is 31.9 Å². The number of urea groups is 1. The Labute approximate surface area is 298 Å². The number of ketones is 2. The average Bonchev–Trinajstić information content (AvgIpc) is 3.22. The Morgan fingerprint density at radius 3 is 2.12 bits per heavy atom. The Bertz CT molecular complexity index is 1390. The molecular formula is C33H44Br2N4O9. The van der Waals surface area contributed by atoms with E-state index in [2.05, 4.69) is 42.5 Å². The number of Topliss-reactive ketones (excluding diaryl/α,β-unsaturated/α-hetero) is 2. The van der Waals surface area contributed by atoms with E-state index in [9.17, 15) is 33.6 Å². The van der Waals surface area contributed by atoms with Crippen LogP contribution in [0.25, 0.3) is 0 Å². The molecule has 13 nitrogen and oxygen atoms in total. The molecule has 4 atom stereocenters. The van der Waals surface area contributed by atoms with Crippen molar-refractivity contribution in [3.8, 4) is 0 Å². The molecule has 0 radical (unpaired) electrons. The summed E-state index contributed by atoms with van der Waals surface area (Å²) < 4.78 is 18.3. The first-order chi connectivity index (χ1) is 23.0. The van der Waals surface area contributed by atoms with Crippen molar-refractivity contribution in [3.63, 3.8) is 0 Å². The van der Waals surface area contributed by atoms with Crippen molar-refractivity contribution in [3.05, 3.63) is 44.4 Å². The summed E-state index contributed by atoms with van der Waals surface area (Å²) in [6.07, 6.45) is -0.418. The summed E-state index contributed by atoms with van der Waals surface area (Å²) in [7, 11) is 0. The third kappa shape index (κ3) is 12.5. The fourth-order valence-electron chi connectivity index (χ4n) is 5.10. The number of amides is 5. The summed E-state index contributed by atoms with van der Waals surface area (Å²) in [6, 6.07) is 5.24. The van der Waals surface area contributed by atoms with E-state index in [0.717, 1.165) is 4.90 Å². The van der Waals surface area contributed by atoms with Gasteiger partial charge in [-0.05, 0) is 61.7 Å². The van der Waals surface area contributed by atoms with Crippen molar-refractivity contribution >= 4 is 73.1 Å². The van der Waals surface area contributed by atoms with Crippen molar-refractivity contribution in [1.82, 2.24) is 15.5 Å². The molecule has 1 aromatic rings. The quantitative estimate of drug-likeness (QED) is 0.0950. The molecule has 2 unspecified atom stereocenters. The van der Waals surface area contributed by atoms with E-state index in [1.165, 1.54) is 6.92 Å². The number of benzene rings is 1. The van der Waals surface area contributed by atoms with Gasteiger partial charge >= 0.3 is 12.0 Å². The van der Waals surface area contributed by atoms with Crippen LogP contribution in [0.2, 0.25) is 0 Å². The van der Waals surface area contributed by atoms with Crippen molar-refractivity contribution < 1.29 is 44.4 Å². The first kappa shape index (κ1) is 39.0. The van der Waals surface area contributed by atoms with Crippen LogP contribution < -0.4 is 16.4 Å². The number of primary amides is 1. The summed E-state index contributed by atoms with van der Waals surface area (Å²) in [4.78, 5) is 88.2. The minimum Gasteiger partial charge on any atom is -0.461 e. The van der Waals surface area contributed by atoms with Crippen LogP contribution in [0.3, 0.4) is 0 Å². The van der Waals surface area contributed by atoms with E-state index in [1.54, 1.807) is 31.2 Å². The number of carbonyl (C=O) groups excluding carboxylic acids is 7. The van der Waals surface area contributed by atoms with Crippen molar-refractivity contribution in [2.75, 3.05) is 26.3 Å². The van der Waals surface area contributed by atoms with Crippen LogP contribution in [0.4, 0.5) is 4.79 Å². The second-order valence-corrected chi connectivity index (χ2v) is 13.2. The van der Waals surface area contributed by atoms with Crippen LogP contribution in [-0.2, 0) is 51.3 Å². The van der Waals surface area contributed by atoms with Crippen molar-refractivity contribution in [2.24, 2.45) is 23.5 Å². The number of halogens is 2. The highest BCUT2D eigenvalue weighted by molar-refractivity contribution is 9.14. The first-order valence-electron chi connectivity index (χ1n) is 16.2. The fourth-order valence-corrected chi connectivity index (χ4v) is 5.87. The molecule has 1 heterocycles. The van der Waals surface area contributed by atoms with E-state index in [4.69, 9.17) is 16.6 Å². The fraction of sp³-hybridized carbons (Fsp3) is 0.545. The zero-order valence-corrected chi connectivity index (χ0v) is 30.7. The molecule has 0 fully saturated rings. The molecular weight excluding hydrogens is 756 g/mol. The predicted molar refractivity (Wildman–Crippen MR) is 184 cm³/mol. The highest BCUT2D eigenvalue weighted by Crippen LogP contribution is 2.29. The van der Waals surface area contributed by atoms with Gasteiger partial charge in [0.05, 0.1) is 25.8 Å². The molecule has 0 spiro atoms. The molecule has 0 bridgehead atoms. The molecule has 0 saturated carbocycles. The number of hydrogen-bond donors (Lipinski definition) is 3. The standard InChI is InChI=1S/C33H44Br2N4O9/c1-5-26(42)48-18-22-10-8-21(9-11-22)17-25(41)23(7-6-13-37-33(36)46)38-30(43)27(19(2)3)20(4)24(40)12-15-47-16-14-39-31(44)28(34)29(35)32(39)45/h8-11,19-20,23,27H,5-7,12-18H2,1-4H3,(H,38,43)(H3,36,37,46)/t20?,23-,27+/m0/s1/i5T/t5?,20?,23-,27+. The minimum atomic E-state index is -0.991. The lowest BCUT2D eigenvalue weighted by atomic mass is 9.80. The summed E-state index contributed by atoms with van der Waals surface area (Å²) in [5.41, 5.74) is 6.51. The maximum atomic E-state index is 13.6. The number of rotatable bonds is 21. The number of nitrogens with one attached hydrogen (secondary N) is 2. The number of nitrogens with two attached hydrogens (primary N) is 1. The van der Waals surface area contributed by atoms with Crippen LogP contribution in [0.1, 0.15) is 65.9 Å². The molecule has 0 aliphatic carbocycles. The van der Waals surface area contributed by atoms with Gasteiger partial charge < -0.3 is 25.8 Å². The maximum absolute atomic E-state index is 13.6. The second-order valence-electron chi connectivity index (χ2n) is 11.6. The molecule has 4 N–H and O–H groups in total. The maximum Gasteiger partial charge on any atom is 0.312 e. The number of ether oxygens (including phenoxy) is 2. The lowest BCUT2D eigenvalue weighted by molar-refractivity contribution is -0.144. The Balaban J connectivity index is 2.00. The van der Waals surface area contributed by atoms with Gasteiger partial charge in [0.1, 0.15) is 21.4 Å². The molecule has 0 aromatic heterocycles. The molecule has 264 valence electrons. The zero-order chi connectivity index (χ0) is 36.8. The minimum absolute atomic E-state index is 0.00365. The smallest absolute Gasteiger partial charge is 0.312 e. The van der Waals surface area contributed by atoms with Crippen LogP contribution in [0.15, 0.2) is 33.2 Å². The Morgan fingerprint density at radius 1 is 0.958 bits per heavy atom. The van der Waals surface area contributed by atoms with Crippen LogP contribution in [-0.4, -0.2) is 78.5 Å². The molecule has 2 rings (SSSR count). The monoisotopic (exact) mass is 800 g/mol. The summed E-state index contributed by atoms with van der Waals surface area (Å²) in [6.45, 7) is 6.98. The topological polar surface area (TPSA) is 191 Å². The van der Waals surface area contributed by atoms with Gasteiger partial charge in [0.25, 0.3) is 11.8 Å². The molecule has 48 heavy (non-hydrogen) atoms. The van der Waals surface area contributed by atoms with E-state index in [-0.39, 0.29) is 78.6 Å². The Morgan fingerprint density at radius 2 is 1.56 bits per heavy atom. The molecule has 1 aromatic carbocycles. The summed E-state index contributed by atoms with van der Waals surface area (Å²) in [5.74, 6) is -4.24. The number of carbonyl (C=O) groups is 7. The Hall–Kier alpha value is -3.43. The molecule has 1 aliphatic heterocycles. The number of nitrogens with zero attached hydrogens (tertiary/aromatic N) is 1. The largest absolute Gasteiger partial charge is 0.461 e. The van der Waals surface area contributed by atoms with Crippen LogP contribution in [0, 0.1) is 17.8 Å². The van der Waals surface area contributed by atoms with Gasteiger partial charge in [-0.15, -0.1) is 0 Å². The van der Waals surface area contributed by atoms with Gasteiger partial charge in [0.2, 0.25) is 5.91 Å². The third-order valence-corrected chi connectivity index (χ3v) is 9.77. The van der Waals surface area contributed by atoms with Gasteiger partial charge in [-0.3, -0.25) is 33.7 Å². The number of hydrogen-bond acceptors (Lipinski definition) is 9. The van der Waals surface area contributed by atoms with Gasteiger partial charge in [-0.2, -0.15) is 0 Å². The highest BCUT2D eigenvalue weighted by Gasteiger charge is 2.36. The molecule has 5 amide bonds. The molecule has 15 heteroatoms. The van der Waals surface area contributed by atoms with E-state index in [1.807, 2.05) is 13.8 Å². The molecule has 0 saturated heterocycles. The average molecular weight is 803 g/mol. The predicted octanol–water partition coefficient (Wildman–Crippen LogP) is 3.44. The van der Waals surface area contributed by atoms with E-state index >= 15 is 0 Å². The van der Waals surface area contributed by atoms with E-state index in [0.29, 0.717) is 17.5 Å². The van der Waals surface area contributed by atoms with Gasteiger partial charge in [0.15, 0.2) is 5.78 Å². The zero-order valence-electron chi connectivity index (χ0n) is 28.5. The number of imide groups is 1. The SMILES string of the molecule is [3H]C(C)C(=O)OCc1ccc(CC(=O)[C@H](CCCNC(N)=O)NC(=O)[C@H](C(C)C)C(C)C(=O)CCOCCN2C(=O)C(Br)=C(Br)C2=O)cc1. The summed E-state index contributed by atoms with van der Waals surface area (Å²) in [5, 5.41) is 5.32. The normalized spacial score (nSPS) is 15.9. The van der Waals surface area contributed by atoms with Gasteiger partial charge in [-0.1, -0.05) is 52.0 Å². The first-order valence-corrected chi connectivity index (χ1v) is 17.2. The highest BCUT2D eigenvalue weighted by atomic mass is 79.9. The van der Waals surface area contributed by atoms with Gasteiger partial charge in [-0.25, -0.2) is 4.79 Å². The van der Waals surface area contributed by atoms with Crippen LogP contribution in [0.5, 0.6) is 0 Å². The lowest BCUT2D eigenvalue weighted by Crippen LogP contribution is -2.48. The van der Waals surface area contributed by atoms with Crippen molar-refractivity contribution in [1.29, 1.82) is 0 Å². The molecule has 1 aliphatic rings. The lowest BCUT2D eigenvalue weighted by Gasteiger charge is -2.28. The van der Waals surface area contributed by atoms with E-state index < -0.39 is 54.0 Å². The van der Waals surface area contributed by atoms with Gasteiger partial charge in [0, 0.05) is 39.0 Å². The number of esters is 1. The Kier molecular flexibility index (Phi) is 16.4. The third-order valence-electron chi connectivity index (χ3n) is 7.77. The van der Waals surface area contributed by atoms with Crippen molar-refractivity contribution in [2.45, 2.75) is 72.4 Å². The summed E-state index contributed by atoms with van der Waals surface area (Å²) >= 11 is 6.13. The second kappa shape index (κ2) is 20.2.